The lowest BCUT2D eigenvalue weighted by Crippen LogP contribution is -2.38. The molecule has 2 unspecified atom stereocenters. The molecule has 0 fully saturated rings. The summed E-state index contributed by atoms with van der Waals surface area (Å²) < 4.78 is 4.92. The normalized spacial score (nSPS) is 19.6. The van der Waals surface area contributed by atoms with Crippen LogP contribution in [0, 0.1) is 11.3 Å². The van der Waals surface area contributed by atoms with Gasteiger partial charge in [-0.2, -0.15) is 0 Å². The number of aromatic carboxylic acids is 1. The van der Waals surface area contributed by atoms with Gasteiger partial charge in [-0.15, -0.1) is 0 Å². The maximum atomic E-state index is 11.4. The van der Waals surface area contributed by atoms with E-state index in [0.717, 1.165) is 0 Å². The second-order valence-corrected chi connectivity index (χ2v) is 7.44. The van der Waals surface area contributed by atoms with E-state index in [0.29, 0.717) is 30.2 Å². The molecule has 9 nitrogen and oxygen atoms in total. The molecule has 3 rings (SSSR count). The molecule has 9 heteroatoms. The number of rotatable bonds is 7. The number of carboxylic acid groups (broad SMARTS) is 3. The summed E-state index contributed by atoms with van der Waals surface area (Å²) in [5.41, 5.74) is -1.18. The number of methoxy groups -OCH3 is 1. The SMILES string of the molecule is COCCCC1C(C(=O)O)=CC=CC1(C)C(=O)O.O=C(O)c1c[nH]c(=O)c2ccccc12. The van der Waals surface area contributed by atoms with E-state index in [9.17, 15) is 24.3 Å². The second-order valence-electron chi connectivity index (χ2n) is 7.44. The van der Waals surface area contributed by atoms with Crippen LogP contribution in [0.5, 0.6) is 0 Å². The van der Waals surface area contributed by atoms with Gasteiger partial charge in [0.25, 0.3) is 5.56 Å². The molecule has 0 aliphatic heterocycles. The number of H-pyrrole nitrogens is 1. The first kappa shape index (κ1) is 24.5. The molecule has 2 aromatic rings. The van der Waals surface area contributed by atoms with Crippen molar-refractivity contribution < 1.29 is 34.4 Å². The highest BCUT2D eigenvalue weighted by atomic mass is 16.5. The predicted molar refractivity (Wildman–Crippen MR) is 117 cm³/mol. The van der Waals surface area contributed by atoms with Crippen LogP contribution >= 0.6 is 0 Å². The third kappa shape index (κ3) is 5.30. The van der Waals surface area contributed by atoms with Gasteiger partial charge in [-0.1, -0.05) is 36.4 Å². The van der Waals surface area contributed by atoms with E-state index in [2.05, 4.69) is 4.98 Å². The summed E-state index contributed by atoms with van der Waals surface area (Å²) in [5.74, 6) is -3.65. The number of aromatic nitrogens is 1. The summed E-state index contributed by atoms with van der Waals surface area (Å²) in [6, 6.07) is 6.62. The van der Waals surface area contributed by atoms with Gasteiger partial charge >= 0.3 is 17.9 Å². The van der Waals surface area contributed by atoms with E-state index in [1.54, 1.807) is 44.4 Å². The molecule has 1 aliphatic rings. The van der Waals surface area contributed by atoms with E-state index in [1.165, 1.54) is 18.3 Å². The Kier molecular flexibility index (Phi) is 8.09. The highest BCUT2D eigenvalue weighted by Gasteiger charge is 2.43. The summed E-state index contributed by atoms with van der Waals surface area (Å²) >= 11 is 0. The van der Waals surface area contributed by atoms with E-state index in [-0.39, 0.29) is 16.7 Å². The van der Waals surface area contributed by atoms with Gasteiger partial charge in [-0.3, -0.25) is 9.59 Å². The number of nitrogens with one attached hydrogen (secondary N) is 1. The maximum Gasteiger partial charge on any atom is 0.337 e. The van der Waals surface area contributed by atoms with Crippen molar-refractivity contribution in [3.05, 3.63) is 70.2 Å². The molecule has 1 heterocycles. The number of hydrogen-bond donors (Lipinski definition) is 4. The van der Waals surface area contributed by atoms with Crippen molar-refractivity contribution in [2.24, 2.45) is 11.3 Å². The lowest BCUT2D eigenvalue weighted by atomic mass is 9.68. The Morgan fingerprint density at radius 3 is 2.31 bits per heavy atom. The summed E-state index contributed by atoms with van der Waals surface area (Å²) in [7, 11) is 1.56. The van der Waals surface area contributed by atoms with E-state index >= 15 is 0 Å². The number of pyridine rings is 1. The van der Waals surface area contributed by atoms with Crippen LogP contribution in [0.3, 0.4) is 0 Å². The molecular weight excluding hydrogens is 418 g/mol. The average Bonchev–Trinajstić information content (AvgIpc) is 2.75. The van der Waals surface area contributed by atoms with E-state index < -0.39 is 29.2 Å². The Morgan fingerprint density at radius 2 is 1.75 bits per heavy atom. The third-order valence-electron chi connectivity index (χ3n) is 5.41. The first-order valence-electron chi connectivity index (χ1n) is 9.82. The molecule has 170 valence electrons. The minimum Gasteiger partial charge on any atom is -0.481 e. The van der Waals surface area contributed by atoms with Gasteiger partial charge < -0.3 is 25.0 Å². The Hall–Kier alpha value is -3.72. The van der Waals surface area contributed by atoms with Crippen LogP contribution in [0.15, 0.2) is 59.1 Å². The number of aromatic amines is 1. The molecule has 4 N–H and O–H groups in total. The number of hydrogen-bond acceptors (Lipinski definition) is 5. The van der Waals surface area contributed by atoms with E-state index in [1.807, 2.05) is 0 Å². The molecule has 1 aliphatic carbocycles. The van der Waals surface area contributed by atoms with Crippen molar-refractivity contribution in [2.45, 2.75) is 19.8 Å². The van der Waals surface area contributed by atoms with Gasteiger partial charge in [0.15, 0.2) is 0 Å². The summed E-state index contributed by atoms with van der Waals surface area (Å²) in [5, 5.41) is 28.2. The lowest BCUT2D eigenvalue weighted by molar-refractivity contribution is -0.148. The molecule has 0 amide bonds. The van der Waals surface area contributed by atoms with Crippen LogP contribution in [-0.2, 0) is 14.3 Å². The summed E-state index contributed by atoms with van der Waals surface area (Å²) in [6.45, 7) is 2.04. The van der Waals surface area contributed by atoms with Crippen molar-refractivity contribution in [2.75, 3.05) is 13.7 Å². The maximum absolute atomic E-state index is 11.4. The van der Waals surface area contributed by atoms with Gasteiger partial charge in [0.05, 0.1) is 11.0 Å². The number of aliphatic carboxylic acids is 2. The number of allylic oxidation sites excluding steroid dienone is 2. The molecule has 2 atom stereocenters. The molecule has 32 heavy (non-hydrogen) atoms. The van der Waals surface area contributed by atoms with Crippen LogP contribution in [0.2, 0.25) is 0 Å². The zero-order chi connectivity index (χ0) is 23.9. The minimum atomic E-state index is -1.17. The minimum absolute atomic E-state index is 0.111. The number of fused-ring (bicyclic) bond motifs is 1. The smallest absolute Gasteiger partial charge is 0.337 e. The van der Waals surface area contributed by atoms with Crippen LogP contribution in [-0.4, -0.2) is 51.9 Å². The van der Waals surface area contributed by atoms with Gasteiger partial charge in [0, 0.05) is 42.2 Å². The fraction of sp³-hybridized carbons (Fsp3) is 0.304. The highest BCUT2D eigenvalue weighted by Crippen LogP contribution is 2.40. The van der Waals surface area contributed by atoms with Crippen molar-refractivity contribution in [3.63, 3.8) is 0 Å². The molecule has 1 aromatic heterocycles. The number of carboxylic acids is 3. The highest BCUT2D eigenvalue weighted by molar-refractivity contribution is 6.02. The van der Waals surface area contributed by atoms with Gasteiger partial charge in [0.2, 0.25) is 0 Å². The first-order valence-corrected chi connectivity index (χ1v) is 9.82. The average molecular weight is 443 g/mol. The Morgan fingerprint density at radius 1 is 1.09 bits per heavy atom. The molecule has 1 aromatic carbocycles. The third-order valence-corrected chi connectivity index (χ3v) is 5.41. The summed E-state index contributed by atoms with van der Waals surface area (Å²) in [6.07, 6.45) is 6.85. The van der Waals surface area contributed by atoms with Gasteiger partial charge in [0.1, 0.15) is 0 Å². The quantitative estimate of drug-likeness (QED) is 0.476. The fourth-order valence-corrected chi connectivity index (χ4v) is 3.62. The molecule has 0 radical (unpaired) electrons. The van der Waals surface area contributed by atoms with E-state index in [4.69, 9.17) is 14.9 Å². The molecule has 0 spiro atoms. The number of carbonyl (C=O) groups is 3. The zero-order valence-electron chi connectivity index (χ0n) is 17.7. The second kappa shape index (κ2) is 10.5. The fourth-order valence-electron chi connectivity index (χ4n) is 3.62. The molecule has 0 bridgehead atoms. The van der Waals surface area contributed by atoms with Crippen LogP contribution in [0.4, 0.5) is 0 Å². The van der Waals surface area contributed by atoms with Gasteiger partial charge in [-0.25, -0.2) is 9.59 Å². The van der Waals surface area contributed by atoms with Crippen molar-refractivity contribution in [1.82, 2.24) is 4.98 Å². The zero-order valence-corrected chi connectivity index (χ0v) is 17.7. The largest absolute Gasteiger partial charge is 0.481 e. The standard InChI is InChI=1S/C13H18O5.C10H7NO3/c1-13(12(16)17)7-3-5-9(11(14)15)10(13)6-4-8-18-2;12-9-7-4-2-1-3-6(7)8(5-11-9)10(13)14/h3,5,7,10H,4,6,8H2,1-2H3,(H,14,15)(H,16,17);1-5H,(H,11,12)(H,13,14). The molecule has 0 saturated heterocycles. The van der Waals surface area contributed by atoms with Gasteiger partial charge in [-0.05, 0) is 25.8 Å². The molecular formula is C23H25NO8. The Balaban J connectivity index is 0.000000233. The number of ether oxygens (including phenoxy) is 1. The monoisotopic (exact) mass is 443 g/mol. The number of benzene rings is 1. The lowest BCUT2D eigenvalue weighted by Gasteiger charge is -2.34. The van der Waals surface area contributed by atoms with Crippen LogP contribution < -0.4 is 5.56 Å². The molecule has 0 saturated carbocycles. The Bertz CT molecular complexity index is 1130. The van der Waals surface area contributed by atoms with Crippen LogP contribution in [0.25, 0.3) is 10.8 Å². The predicted octanol–water partition coefficient (Wildman–Crippen LogP) is 2.93. The first-order chi connectivity index (χ1) is 15.1. The van der Waals surface area contributed by atoms with Crippen molar-refractivity contribution in [3.8, 4) is 0 Å². The topological polar surface area (TPSA) is 154 Å². The Labute approximate surface area is 183 Å². The van der Waals surface area contributed by atoms with Crippen molar-refractivity contribution in [1.29, 1.82) is 0 Å². The van der Waals surface area contributed by atoms with Crippen molar-refractivity contribution >= 4 is 28.7 Å². The summed E-state index contributed by atoms with van der Waals surface area (Å²) in [4.78, 5) is 47.1. The van der Waals surface area contributed by atoms with Crippen LogP contribution in [0.1, 0.15) is 30.1 Å².